The monoisotopic (exact) mass is 210 g/mol. The molecule has 3 N–H and O–H groups in total. The lowest BCUT2D eigenvalue weighted by atomic mass is 10.2. The fourth-order valence-electron chi connectivity index (χ4n) is 0.639. The van der Waals surface area contributed by atoms with Gasteiger partial charge in [0.05, 0.1) is 5.56 Å². The third kappa shape index (κ3) is 5.87. The fourth-order valence-corrected chi connectivity index (χ4v) is 0.639. The van der Waals surface area contributed by atoms with E-state index in [1.54, 1.807) is 0 Å². The quantitative estimate of drug-likeness (QED) is 0.640. The molecule has 0 unspecified atom stereocenters. The molecule has 0 saturated heterocycles. The molecule has 0 saturated carbocycles. The highest BCUT2D eigenvalue weighted by atomic mass is 16.4. The van der Waals surface area contributed by atoms with Crippen molar-refractivity contribution in [1.82, 2.24) is 0 Å². The van der Waals surface area contributed by atoms with E-state index in [9.17, 15) is 9.59 Å². The second kappa shape index (κ2) is 6.20. The maximum atomic E-state index is 10.2. The Balaban J connectivity index is 0.000000336. The van der Waals surface area contributed by atoms with Gasteiger partial charge in [-0.25, -0.2) is 9.59 Å². The minimum atomic E-state index is -1.03. The summed E-state index contributed by atoms with van der Waals surface area (Å²) in [6, 6.07) is 5.52. The molecule has 0 aliphatic carbocycles. The number of benzene rings is 1. The van der Waals surface area contributed by atoms with Crippen LogP contribution in [-0.4, -0.2) is 27.3 Å². The Morgan fingerprint density at radius 3 is 2.07 bits per heavy atom. The van der Waals surface area contributed by atoms with E-state index < -0.39 is 11.9 Å². The smallest absolute Gasteiger partial charge is 0.335 e. The number of carbonyl (C=O) groups is 2. The van der Waals surface area contributed by atoms with Crippen LogP contribution in [0.15, 0.2) is 36.9 Å². The highest BCUT2D eigenvalue weighted by molar-refractivity contribution is 5.87. The minimum Gasteiger partial charge on any atom is -0.508 e. The number of rotatable bonds is 2. The Morgan fingerprint density at radius 2 is 1.80 bits per heavy atom. The fraction of sp³-hybridized carbons (Fsp3) is 0. The number of aromatic carboxylic acids is 1. The molecule has 1 aromatic carbocycles. The lowest BCUT2D eigenvalue weighted by molar-refractivity contribution is -0.131. The van der Waals surface area contributed by atoms with Crippen LogP contribution in [0.1, 0.15) is 10.4 Å². The van der Waals surface area contributed by atoms with Crippen molar-refractivity contribution < 1.29 is 24.9 Å². The number of hydrogen-bond donors (Lipinski definition) is 3. The zero-order valence-electron chi connectivity index (χ0n) is 7.75. The first kappa shape index (κ1) is 12.7. The normalized spacial score (nSPS) is 8.27. The van der Waals surface area contributed by atoms with Crippen molar-refractivity contribution in [2.24, 2.45) is 0 Å². The predicted octanol–water partition coefficient (Wildman–Crippen LogP) is 1.35. The van der Waals surface area contributed by atoms with Crippen LogP contribution in [0.25, 0.3) is 0 Å². The van der Waals surface area contributed by atoms with E-state index in [2.05, 4.69) is 6.58 Å². The van der Waals surface area contributed by atoms with Crippen molar-refractivity contribution in [2.45, 2.75) is 0 Å². The van der Waals surface area contributed by atoms with Crippen molar-refractivity contribution in [3.05, 3.63) is 42.5 Å². The number of carboxylic acids is 2. The Kier molecular flexibility index (Phi) is 5.25. The molecule has 0 aliphatic rings. The third-order valence-electron chi connectivity index (χ3n) is 1.27. The van der Waals surface area contributed by atoms with Gasteiger partial charge in [-0.05, 0) is 18.2 Å². The van der Waals surface area contributed by atoms with Crippen LogP contribution in [0.5, 0.6) is 5.75 Å². The maximum Gasteiger partial charge on any atom is 0.335 e. The van der Waals surface area contributed by atoms with Crippen LogP contribution >= 0.6 is 0 Å². The van der Waals surface area contributed by atoms with E-state index in [0.717, 1.165) is 6.08 Å². The first-order valence-corrected chi connectivity index (χ1v) is 3.85. The molecule has 1 rings (SSSR count). The highest BCUT2D eigenvalue weighted by Crippen LogP contribution is 2.09. The van der Waals surface area contributed by atoms with Crippen molar-refractivity contribution in [1.29, 1.82) is 0 Å². The zero-order valence-corrected chi connectivity index (χ0v) is 7.75. The maximum absolute atomic E-state index is 10.2. The van der Waals surface area contributed by atoms with Gasteiger partial charge in [0.2, 0.25) is 0 Å². The van der Waals surface area contributed by atoms with Crippen LogP contribution in [0, 0.1) is 0 Å². The molecule has 0 atom stereocenters. The Bertz CT molecular complexity index is 370. The lowest BCUT2D eigenvalue weighted by Gasteiger charge is -1.92. The van der Waals surface area contributed by atoms with E-state index in [1.165, 1.54) is 24.3 Å². The molecule has 0 fully saturated rings. The van der Waals surface area contributed by atoms with Crippen LogP contribution in [0.3, 0.4) is 0 Å². The summed E-state index contributed by atoms with van der Waals surface area (Å²) in [7, 11) is 0. The molecular formula is C10H10O5. The minimum absolute atomic E-state index is 0.0279. The molecule has 0 aromatic heterocycles. The van der Waals surface area contributed by atoms with Crippen molar-refractivity contribution in [3.63, 3.8) is 0 Å². The van der Waals surface area contributed by atoms with Crippen LogP contribution in [-0.2, 0) is 4.79 Å². The first-order chi connectivity index (χ1) is 6.97. The highest BCUT2D eigenvalue weighted by Gasteiger charge is 2.00. The largest absolute Gasteiger partial charge is 0.508 e. The Hall–Kier alpha value is -2.30. The molecule has 1 aromatic rings. The predicted molar refractivity (Wildman–Crippen MR) is 52.9 cm³/mol. The average molecular weight is 210 g/mol. The average Bonchev–Trinajstić information content (AvgIpc) is 2.18. The summed E-state index contributed by atoms with van der Waals surface area (Å²) in [6.45, 7) is 2.96. The lowest BCUT2D eigenvalue weighted by Crippen LogP contribution is -1.94. The van der Waals surface area contributed by atoms with E-state index in [0.29, 0.717) is 0 Å². The summed E-state index contributed by atoms with van der Waals surface area (Å²) in [5.41, 5.74) is 0.0972. The topological polar surface area (TPSA) is 94.8 Å². The van der Waals surface area contributed by atoms with Gasteiger partial charge < -0.3 is 15.3 Å². The van der Waals surface area contributed by atoms with Gasteiger partial charge in [-0.1, -0.05) is 12.6 Å². The van der Waals surface area contributed by atoms with Gasteiger partial charge in [0, 0.05) is 6.08 Å². The summed E-state index contributed by atoms with van der Waals surface area (Å²) < 4.78 is 0. The van der Waals surface area contributed by atoms with E-state index in [4.69, 9.17) is 15.3 Å². The molecule has 5 nitrogen and oxygen atoms in total. The second-order valence-electron chi connectivity index (χ2n) is 2.40. The van der Waals surface area contributed by atoms with Crippen LogP contribution in [0.4, 0.5) is 0 Å². The molecule has 0 aliphatic heterocycles. The molecule has 15 heavy (non-hydrogen) atoms. The molecule has 0 radical (unpaired) electrons. The summed E-state index contributed by atoms with van der Waals surface area (Å²) in [5.74, 6) is -2.04. The number of aromatic hydroxyl groups is 1. The standard InChI is InChI=1S/C7H6O3.C3H4O2/c8-6-3-1-2-5(4-6)7(9)10;1-2-3(4)5/h1-4,8H,(H,9,10);2H,1H2,(H,4,5). The SMILES string of the molecule is C=CC(=O)O.O=C(O)c1cccc(O)c1. The van der Waals surface area contributed by atoms with Crippen molar-refractivity contribution >= 4 is 11.9 Å². The molecular weight excluding hydrogens is 200 g/mol. The van der Waals surface area contributed by atoms with Gasteiger partial charge in [-0.3, -0.25) is 0 Å². The van der Waals surface area contributed by atoms with Crippen LogP contribution < -0.4 is 0 Å². The number of aliphatic carboxylic acids is 1. The number of phenols is 1. The van der Waals surface area contributed by atoms with Gasteiger partial charge >= 0.3 is 11.9 Å². The van der Waals surface area contributed by atoms with Gasteiger partial charge in [0.1, 0.15) is 5.75 Å². The van der Waals surface area contributed by atoms with E-state index >= 15 is 0 Å². The Morgan fingerprint density at radius 1 is 1.27 bits per heavy atom. The van der Waals surface area contributed by atoms with Gasteiger partial charge in [-0.15, -0.1) is 0 Å². The third-order valence-corrected chi connectivity index (χ3v) is 1.27. The molecule has 80 valence electrons. The van der Waals surface area contributed by atoms with E-state index in [-0.39, 0.29) is 11.3 Å². The summed E-state index contributed by atoms with van der Waals surface area (Å²) >= 11 is 0. The molecule has 5 heteroatoms. The van der Waals surface area contributed by atoms with Gasteiger partial charge in [0.25, 0.3) is 0 Å². The van der Waals surface area contributed by atoms with Gasteiger partial charge in [-0.2, -0.15) is 0 Å². The van der Waals surface area contributed by atoms with Gasteiger partial charge in [0.15, 0.2) is 0 Å². The molecule has 0 spiro atoms. The van der Waals surface area contributed by atoms with E-state index in [1.807, 2.05) is 0 Å². The summed E-state index contributed by atoms with van der Waals surface area (Å²) in [6.07, 6.45) is 0.833. The summed E-state index contributed by atoms with van der Waals surface area (Å²) in [5, 5.41) is 24.8. The van der Waals surface area contributed by atoms with Crippen molar-refractivity contribution in [2.75, 3.05) is 0 Å². The zero-order chi connectivity index (χ0) is 11.8. The van der Waals surface area contributed by atoms with Crippen LogP contribution in [0.2, 0.25) is 0 Å². The first-order valence-electron chi connectivity index (χ1n) is 3.85. The van der Waals surface area contributed by atoms with Crippen molar-refractivity contribution in [3.8, 4) is 5.75 Å². The summed E-state index contributed by atoms with van der Waals surface area (Å²) in [4.78, 5) is 19.5. The Labute approximate surface area is 85.9 Å². The number of carboxylic acid groups (broad SMARTS) is 2. The second-order valence-corrected chi connectivity index (χ2v) is 2.40. The number of phenolic OH excluding ortho intramolecular Hbond substituents is 1. The molecule has 0 bridgehead atoms. The molecule has 0 amide bonds. The molecule has 0 heterocycles. The number of hydrogen-bond acceptors (Lipinski definition) is 3.